The van der Waals surface area contributed by atoms with Crippen molar-refractivity contribution in [1.82, 2.24) is 0 Å². The molecule has 0 aromatic heterocycles. The van der Waals surface area contributed by atoms with Gasteiger partial charge < -0.3 is 24.8 Å². The number of hydrogen-bond acceptors (Lipinski definition) is 0. The van der Waals surface area contributed by atoms with Gasteiger partial charge in [-0.25, -0.2) is 0 Å². The number of hydrogen-bond donors (Lipinski definition) is 0. The smallest absolute Gasteiger partial charge is 1.00 e. The molecule has 0 saturated heterocycles. The molecule has 0 aromatic carbocycles. The molecule has 0 spiro atoms. The van der Waals surface area contributed by atoms with Gasteiger partial charge >= 0.3 is 130 Å². The van der Waals surface area contributed by atoms with Gasteiger partial charge in [0.25, 0.3) is 0 Å². The van der Waals surface area contributed by atoms with E-state index < -0.39 is 22.9 Å². The van der Waals surface area contributed by atoms with Crippen molar-refractivity contribution in [3.63, 3.8) is 0 Å². The van der Waals surface area contributed by atoms with Crippen molar-refractivity contribution in [3.05, 3.63) is 41.1 Å². The Bertz CT molecular complexity index is 459. The van der Waals surface area contributed by atoms with Crippen LogP contribution in [-0.2, 0) is 22.9 Å². The Balaban J connectivity index is 0.00000200. The standard InChI is InChI=1S/2C9H13.2ClH.Hf/c2*1-7(2)9-6-4-5-8(9)3;;;/h2*6-7H,4H2,1-3H3;2*1H;/q;;;;+2/p-2. The summed E-state index contributed by atoms with van der Waals surface area (Å²) in [7, 11) is 0. The number of allylic oxidation sites excluding steroid dienone is 8. The second kappa shape index (κ2) is 8.89. The first kappa shape index (κ1) is 21.4. The zero-order valence-corrected chi connectivity index (χ0v) is 19.1. The van der Waals surface area contributed by atoms with Crippen LogP contribution in [0.2, 0.25) is 0 Å². The van der Waals surface area contributed by atoms with Crippen LogP contribution in [0.15, 0.2) is 41.1 Å². The van der Waals surface area contributed by atoms with Crippen molar-refractivity contribution >= 4 is 0 Å². The SMILES string of the molecule is CC1=[C]([Hf+2][C]2=C(C)C(C(C)C)=CC2)CC=C1C(C)C.[Cl-].[Cl-]. The summed E-state index contributed by atoms with van der Waals surface area (Å²) < 4.78 is 3.69. The molecule has 3 heteroatoms. The molecule has 0 aromatic rings. The molecule has 21 heavy (non-hydrogen) atoms. The van der Waals surface area contributed by atoms with E-state index in [1.54, 1.807) is 22.3 Å². The third kappa shape index (κ3) is 4.69. The fourth-order valence-electron chi connectivity index (χ4n) is 3.19. The predicted octanol–water partition coefficient (Wildman–Crippen LogP) is -0.403. The fraction of sp³-hybridized carbons (Fsp3) is 0.556. The first-order valence-electron chi connectivity index (χ1n) is 7.49. The Hall–Kier alpha value is 0.410. The summed E-state index contributed by atoms with van der Waals surface area (Å²) in [5, 5.41) is 0. The van der Waals surface area contributed by atoms with Crippen LogP contribution >= 0.6 is 0 Å². The molecule has 0 N–H and O–H groups in total. The molecule has 0 nitrogen and oxygen atoms in total. The van der Waals surface area contributed by atoms with Gasteiger partial charge in [-0.3, -0.25) is 0 Å². The Morgan fingerprint density at radius 1 is 0.762 bits per heavy atom. The molecule has 0 fully saturated rings. The molecular formula is C18H26Cl2Hf. The third-order valence-corrected chi connectivity index (χ3v) is 10.7. The first-order valence-corrected chi connectivity index (χ1v) is 11.1. The molecule has 116 valence electrons. The van der Waals surface area contributed by atoms with E-state index in [0.29, 0.717) is 11.8 Å². The van der Waals surface area contributed by atoms with E-state index in [9.17, 15) is 0 Å². The molecule has 0 amide bonds. The summed E-state index contributed by atoms with van der Waals surface area (Å²) in [4.78, 5) is 0. The van der Waals surface area contributed by atoms with Crippen LogP contribution < -0.4 is 24.8 Å². The summed E-state index contributed by atoms with van der Waals surface area (Å²) in [6.07, 6.45) is 7.50. The average molecular weight is 492 g/mol. The minimum Gasteiger partial charge on any atom is -1.00 e. The molecule has 0 aliphatic heterocycles. The normalized spacial score (nSPS) is 17.7. The van der Waals surface area contributed by atoms with Crippen LogP contribution in [-0.4, -0.2) is 0 Å². The van der Waals surface area contributed by atoms with E-state index in [0.717, 1.165) is 0 Å². The van der Waals surface area contributed by atoms with Gasteiger partial charge in [-0.15, -0.1) is 0 Å². The third-order valence-electron chi connectivity index (χ3n) is 4.37. The summed E-state index contributed by atoms with van der Waals surface area (Å²) >= 11 is -0.761. The van der Waals surface area contributed by atoms with Crippen LogP contribution in [0, 0.1) is 11.8 Å². The first-order chi connectivity index (χ1) is 8.91. The molecule has 0 unspecified atom stereocenters. The second-order valence-corrected chi connectivity index (χ2v) is 11.6. The molecule has 2 aliphatic carbocycles. The van der Waals surface area contributed by atoms with Gasteiger partial charge in [0.15, 0.2) is 0 Å². The van der Waals surface area contributed by atoms with Crippen molar-refractivity contribution in [2.45, 2.75) is 54.4 Å². The zero-order chi connectivity index (χ0) is 14.2. The van der Waals surface area contributed by atoms with E-state index in [1.807, 2.05) is 6.66 Å². The molecule has 0 bridgehead atoms. The largest absolute Gasteiger partial charge is 1.00 e. The fourth-order valence-corrected chi connectivity index (χ4v) is 8.35. The van der Waals surface area contributed by atoms with Crippen molar-refractivity contribution in [3.8, 4) is 0 Å². The Morgan fingerprint density at radius 3 is 1.33 bits per heavy atom. The van der Waals surface area contributed by atoms with Crippen LogP contribution in [0.1, 0.15) is 54.4 Å². The van der Waals surface area contributed by atoms with E-state index in [1.165, 1.54) is 12.8 Å². The van der Waals surface area contributed by atoms with Gasteiger partial charge in [-0.1, -0.05) is 0 Å². The molecule has 2 aliphatic rings. The number of halogens is 2. The molecular weight excluding hydrogens is 466 g/mol. The Morgan fingerprint density at radius 2 is 1.10 bits per heavy atom. The van der Waals surface area contributed by atoms with Crippen molar-refractivity contribution in [1.29, 1.82) is 0 Å². The summed E-state index contributed by atoms with van der Waals surface area (Å²) in [6, 6.07) is 0. The molecule has 2 rings (SSSR count). The maximum Gasteiger partial charge on any atom is -1.00 e. The minimum absolute atomic E-state index is 0. The quantitative estimate of drug-likeness (QED) is 0.470. The summed E-state index contributed by atoms with van der Waals surface area (Å²) in [5.41, 5.74) is 6.54. The van der Waals surface area contributed by atoms with Crippen LogP contribution in [0.25, 0.3) is 0 Å². The second-order valence-electron chi connectivity index (χ2n) is 6.37. The van der Waals surface area contributed by atoms with E-state index in [2.05, 4.69) is 53.7 Å². The Kier molecular flexibility index (Phi) is 9.06. The van der Waals surface area contributed by atoms with Crippen molar-refractivity contribution in [2.75, 3.05) is 0 Å². The van der Waals surface area contributed by atoms with E-state index in [4.69, 9.17) is 0 Å². The average Bonchev–Trinajstić information content (AvgIpc) is 2.85. The van der Waals surface area contributed by atoms with Crippen molar-refractivity contribution in [2.24, 2.45) is 11.8 Å². The molecule has 0 heterocycles. The Labute approximate surface area is 154 Å². The van der Waals surface area contributed by atoms with Crippen LogP contribution in [0.5, 0.6) is 0 Å². The van der Waals surface area contributed by atoms with Gasteiger partial charge in [-0.05, 0) is 0 Å². The van der Waals surface area contributed by atoms with Gasteiger partial charge in [-0.2, -0.15) is 0 Å². The maximum absolute atomic E-state index is 2.49. The predicted molar refractivity (Wildman–Crippen MR) is 80.5 cm³/mol. The van der Waals surface area contributed by atoms with Gasteiger partial charge in [0.1, 0.15) is 0 Å². The van der Waals surface area contributed by atoms with Crippen molar-refractivity contribution < 1.29 is 47.7 Å². The minimum atomic E-state index is -0.761. The number of rotatable bonds is 4. The summed E-state index contributed by atoms with van der Waals surface area (Å²) in [6.45, 7) is 14.0. The maximum atomic E-state index is 2.49. The van der Waals surface area contributed by atoms with E-state index >= 15 is 0 Å². The van der Waals surface area contributed by atoms with E-state index in [-0.39, 0.29) is 24.8 Å². The monoisotopic (exact) mass is 492 g/mol. The molecule has 0 radical (unpaired) electrons. The zero-order valence-electron chi connectivity index (χ0n) is 14.0. The van der Waals surface area contributed by atoms with Crippen LogP contribution in [0.4, 0.5) is 0 Å². The van der Waals surface area contributed by atoms with Gasteiger partial charge in [0.05, 0.1) is 0 Å². The molecule has 0 saturated carbocycles. The van der Waals surface area contributed by atoms with Gasteiger partial charge in [0, 0.05) is 0 Å². The molecule has 0 atom stereocenters. The topological polar surface area (TPSA) is 0 Å². The van der Waals surface area contributed by atoms with Crippen LogP contribution in [0.3, 0.4) is 0 Å². The van der Waals surface area contributed by atoms with Gasteiger partial charge in [0.2, 0.25) is 0 Å². The summed E-state index contributed by atoms with van der Waals surface area (Å²) in [5.74, 6) is 1.40.